The predicted octanol–water partition coefficient (Wildman–Crippen LogP) is 4.30. The van der Waals surface area contributed by atoms with Gasteiger partial charge in [-0.05, 0) is 41.6 Å². The number of hydrogen-bond acceptors (Lipinski definition) is 4. The predicted molar refractivity (Wildman–Crippen MR) is 95.7 cm³/mol. The molecule has 0 bridgehead atoms. The fourth-order valence-electron chi connectivity index (χ4n) is 2.30. The van der Waals surface area contributed by atoms with E-state index in [0.717, 1.165) is 33.0 Å². The molecule has 0 radical (unpaired) electrons. The maximum atomic E-state index is 5.87. The highest BCUT2D eigenvalue weighted by atomic mass is 32.2. The van der Waals surface area contributed by atoms with Crippen molar-refractivity contribution in [2.75, 3.05) is 17.7 Å². The van der Waals surface area contributed by atoms with Gasteiger partial charge in [0.25, 0.3) is 0 Å². The Morgan fingerprint density at radius 1 is 0.773 bits per heavy atom. The third-order valence-corrected chi connectivity index (χ3v) is 4.19. The zero-order valence-corrected chi connectivity index (χ0v) is 13.1. The lowest BCUT2D eigenvalue weighted by Gasteiger charge is -2.07. The molecule has 3 aromatic rings. The van der Waals surface area contributed by atoms with Crippen LogP contribution in [0.25, 0.3) is 22.4 Å². The van der Waals surface area contributed by atoms with Crippen LogP contribution in [0.15, 0.2) is 65.6 Å². The number of anilines is 2. The summed E-state index contributed by atoms with van der Waals surface area (Å²) >= 11 is 1.66. The highest BCUT2D eigenvalue weighted by Gasteiger charge is 2.04. The minimum absolute atomic E-state index is 0.546. The van der Waals surface area contributed by atoms with Gasteiger partial charge in [-0.1, -0.05) is 36.4 Å². The highest BCUT2D eigenvalue weighted by molar-refractivity contribution is 7.98. The summed E-state index contributed by atoms with van der Waals surface area (Å²) in [6.45, 7) is 0. The number of nitrogen functional groups attached to an aromatic ring is 2. The Labute approximate surface area is 134 Å². The van der Waals surface area contributed by atoms with E-state index in [2.05, 4.69) is 35.3 Å². The number of rotatable bonds is 3. The van der Waals surface area contributed by atoms with Gasteiger partial charge in [0.2, 0.25) is 0 Å². The van der Waals surface area contributed by atoms with Gasteiger partial charge in [0.1, 0.15) is 5.82 Å². The van der Waals surface area contributed by atoms with Crippen molar-refractivity contribution in [1.29, 1.82) is 0 Å². The van der Waals surface area contributed by atoms with Gasteiger partial charge in [-0.2, -0.15) is 0 Å². The molecular formula is C18H17N3S. The van der Waals surface area contributed by atoms with Gasteiger partial charge in [0, 0.05) is 16.1 Å². The van der Waals surface area contributed by atoms with E-state index in [1.807, 2.05) is 36.6 Å². The second-order valence-electron chi connectivity index (χ2n) is 5.02. The number of nitrogens with zero attached hydrogens (tertiary/aromatic N) is 1. The van der Waals surface area contributed by atoms with Crippen molar-refractivity contribution in [2.45, 2.75) is 4.90 Å². The third kappa shape index (κ3) is 3.07. The molecule has 0 spiro atoms. The summed E-state index contributed by atoms with van der Waals surface area (Å²) in [5, 5.41) is 0. The van der Waals surface area contributed by atoms with E-state index in [0.29, 0.717) is 5.82 Å². The maximum Gasteiger partial charge on any atom is 0.125 e. The largest absolute Gasteiger partial charge is 0.399 e. The molecule has 0 saturated heterocycles. The molecule has 0 atom stereocenters. The average molecular weight is 307 g/mol. The quantitative estimate of drug-likeness (QED) is 0.559. The van der Waals surface area contributed by atoms with E-state index < -0.39 is 0 Å². The Morgan fingerprint density at radius 2 is 1.32 bits per heavy atom. The second kappa shape index (κ2) is 6.12. The van der Waals surface area contributed by atoms with Crippen LogP contribution < -0.4 is 11.5 Å². The van der Waals surface area contributed by atoms with Gasteiger partial charge in [0.05, 0.1) is 5.69 Å². The molecule has 22 heavy (non-hydrogen) atoms. The van der Waals surface area contributed by atoms with Crippen LogP contribution in [0, 0.1) is 0 Å². The molecule has 1 heterocycles. The average Bonchev–Trinajstić information content (AvgIpc) is 2.55. The van der Waals surface area contributed by atoms with Crippen LogP contribution >= 0.6 is 11.8 Å². The zero-order valence-electron chi connectivity index (χ0n) is 12.3. The van der Waals surface area contributed by atoms with Gasteiger partial charge in [-0.3, -0.25) is 0 Å². The fourth-order valence-corrected chi connectivity index (χ4v) is 2.77. The number of nitrogens with two attached hydrogens (primary N) is 2. The molecule has 0 unspecified atom stereocenters. The van der Waals surface area contributed by atoms with Crippen LogP contribution in [0.3, 0.4) is 0 Å². The number of benzene rings is 2. The van der Waals surface area contributed by atoms with Crippen molar-refractivity contribution in [3.8, 4) is 22.4 Å². The molecule has 110 valence electrons. The first-order valence-electron chi connectivity index (χ1n) is 6.93. The minimum atomic E-state index is 0.546. The Morgan fingerprint density at radius 3 is 1.91 bits per heavy atom. The maximum absolute atomic E-state index is 5.87. The lowest BCUT2D eigenvalue weighted by molar-refractivity contribution is 1.27. The molecule has 0 saturated carbocycles. The van der Waals surface area contributed by atoms with Crippen LogP contribution in [-0.4, -0.2) is 11.2 Å². The summed E-state index contributed by atoms with van der Waals surface area (Å²) in [7, 11) is 0. The summed E-state index contributed by atoms with van der Waals surface area (Å²) in [6, 6.07) is 20.1. The van der Waals surface area contributed by atoms with E-state index in [1.54, 1.807) is 11.8 Å². The van der Waals surface area contributed by atoms with Crippen molar-refractivity contribution >= 4 is 23.3 Å². The molecular weight excluding hydrogens is 290 g/mol. The van der Waals surface area contributed by atoms with E-state index in [9.17, 15) is 0 Å². The smallest absolute Gasteiger partial charge is 0.125 e. The second-order valence-corrected chi connectivity index (χ2v) is 5.90. The first-order valence-corrected chi connectivity index (χ1v) is 8.16. The fraction of sp³-hybridized carbons (Fsp3) is 0.0556. The number of thioether (sulfide) groups is 1. The van der Waals surface area contributed by atoms with E-state index in [4.69, 9.17) is 11.5 Å². The zero-order chi connectivity index (χ0) is 15.5. The lowest BCUT2D eigenvalue weighted by atomic mass is 10.0. The van der Waals surface area contributed by atoms with Gasteiger partial charge in [-0.15, -0.1) is 11.8 Å². The monoisotopic (exact) mass is 307 g/mol. The summed E-state index contributed by atoms with van der Waals surface area (Å²) in [6.07, 6.45) is 2.03. The first kappa shape index (κ1) is 14.5. The standard InChI is InChI=1S/C18H17N3S/c1-22-16-10-17(21-18(20)11-16)14-4-2-12(3-5-14)13-6-8-15(19)9-7-13/h2-11H,19H2,1H3,(H2,20,21). The van der Waals surface area contributed by atoms with E-state index >= 15 is 0 Å². The number of aromatic nitrogens is 1. The van der Waals surface area contributed by atoms with Crippen molar-refractivity contribution in [2.24, 2.45) is 0 Å². The third-order valence-electron chi connectivity index (χ3n) is 3.48. The Balaban J connectivity index is 1.94. The molecule has 2 aromatic carbocycles. The van der Waals surface area contributed by atoms with Crippen LogP contribution in [-0.2, 0) is 0 Å². The van der Waals surface area contributed by atoms with Crippen molar-refractivity contribution in [3.63, 3.8) is 0 Å². The molecule has 0 fully saturated rings. The molecule has 3 rings (SSSR count). The van der Waals surface area contributed by atoms with Crippen molar-refractivity contribution < 1.29 is 0 Å². The van der Waals surface area contributed by atoms with Crippen LogP contribution in [0.2, 0.25) is 0 Å². The molecule has 1 aromatic heterocycles. The lowest BCUT2D eigenvalue weighted by Crippen LogP contribution is -1.93. The number of pyridine rings is 1. The summed E-state index contributed by atoms with van der Waals surface area (Å²) < 4.78 is 0. The molecule has 4 N–H and O–H groups in total. The van der Waals surface area contributed by atoms with Crippen LogP contribution in [0.5, 0.6) is 0 Å². The SMILES string of the molecule is CSc1cc(N)nc(-c2ccc(-c3ccc(N)cc3)cc2)c1. The molecule has 0 aliphatic rings. The van der Waals surface area contributed by atoms with Gasteiger partial charge in [-0.25, -0.2) is 4.98 Å². The van der Waals surface area contributed by atoms with Gasteiger partial charge >= 0.3 is 0 Å². The van der Waals surface area contributed by atoms with Crippen molar-refractivity contribution in [1.82, 2.24) is 4.98 Å². The summed E-state index contributed by atoms with van der Waals surface area (Å²) in [4.78, 5) is 5.53. The minimum Gasteiger partial charge on any atom is -0.399 e. The summed E-state index contributed by atoms with van der Waals surface area (Å²) in [5.41, 5.74) is 16.6. The van der Waals surface area contributed by atoms with Crippen LogP contribution in [0.4, 0.5) is 11.5 Å². The molecule has 0 amide bonds. The van der Waals surface area contributed by atoms with Crippen LogP contribution in [0.1, 0.15) is 0 Å². The number of hydrogen-bond donors (Lipinski definition) is 2. The molecule has 4 heteroatoms. The Kier molecular flexibility index (Phi) is 4.02. The van der Waals surface area contributed by atoms with Gasteiger partial charge < -0.3 is 11.5 Å². The molecule has 3 nitrogen and oxygen atoms in total. The normalized spacial score (nSPS) is 10.6. The van der Waals surface area contributed by atoms with E-state index in [-0.39, 0.29) is 0 Å². The summed E-state index contributed by atoms with van der Waals surface area (Å²) in [5.74, 6) is 0.546. The topological polar surface area (TPSA) is 64.9 Å². The van der Waals surface area contributed by atoms with Crippen molar-refractivity contribution in [3.05, 3.63) is 60.7 Å². The van der Waals surface area contributed by atoms with E-state index in [1.165, 1.54) is 0 Å². The first-order chi connectivity index (χ1) is 10.7. The molecule has 0 aliphatic heterocycles. The Hall–Kier alpha value is -2.46. The molecule has 0 aliphatic carbocycles. The highest BCUT2D eigenvalue weighted by Crippen LogP contribution is 2.27. The van der Waals surface area contributed by atoms with Gasteiger partial charge in [0.15, 0.2) is 0 Å². The Bertz CT molecular complexity index is 780.